The van der Waals surface area contributed by atoms with Gasteiger partial charge in [-0.05, 0) is 0 Å². The summed E-state index contributed by atoms with van der Waals surface area (Å²) < 4.78 is 0. The summed E-state index contributed by atoms with van der Waals surface area (Å²) in [5, 5.41) is 0. The summed E-state index contributed by atoms with van der Waals surface area (Å²) in [4.78, 5) is 0. The first-order valence-corrected chi connectivity index (χ1v) is 0. The number of hydrogen-bond acceptors (Lipinski definition) is 0. The van der Waals surface area contributed by atoms with Crippen molar-refractivity contribution in [2.75, 3.05) is 0 Å². The van der Waals surface area contributed by atoms with Crippen molar-refractivity contribution in [3.05, 3.63) is 0 Å². The van der Waals surface area contributed by atoms with Crippen LogP contribution < -0.4 is 56.6 Å². The van der Waals surface area contributed by atoms with E-state index in [4.69, 9.17) is 0 Å². The molecule has 0 heterocycles. The van der Waals surface area contributed by atoms with Crippen LogP contribution in [-0.4, -0.2) is 24.4 Å². The molecular weight excluding hydrogens is 143 g/mol. The molecular formula is H6Li3Sb. The molecule has 0 N–H and O–H groups in total. The molecule has 0 aliphatic rings. The molecule has 4 heteroatoms. The first-order chi connectivity index (χ1) is 0. The minimum absolute atomic E-state index is 0. The summed E-state index contributed by atoms with van der Waals surface area (Å²) in [5.41, 5.74) is 0. The summed E-state index contributed by atoms with van der Waals surface area (Å²) >= 11 is 0. The van der Waals surface area contributed by atoms with Gasteiger partial charge in [0.05, 0.1) is 0 Å². The second-order valence-electron chi connectivity index (χ2n) is 0. The van der Waals surface area contributed by atoms with Crippen molar-refractivity contribution in [2.45, 2.75) is 0 Å². The van der Waals surface area contributed by atoms with Gasteiger partial charge in [0, 0.05) is 0 Å². The maximum absolute atomic E-state index is 0. The minimum atomic E-state index is 0. The predicted molar refractivity (Wildman–Crippen MR) is 14.1 cm³/mol. The van der Waals surface area contributed by atoms with Crippen LogP contribution in [0.2, 0.25) is 0 Å². The Morgan fingerprint density at radius 2 is 0.500 bits per heavy atom. The van der Waals surface area contributed by atoms with Crippen LogP contribution in [0.4, 0.5) is 0 Å². The molecule has 0 aromatic rings. The van der Waals surface area contributed by atoms with Gasteiger partial charge >= 0.3 is 81.0 Å². The summed E-state index contributed by atoms with van der Waals surface area (Å²) in [6.07, 6.45) is 0. The van der Waals surface area contributed by atoms with E-state index in [2.05, 4.69) is 0 Å². The van der Waals surface area contributed by atoms with E-state index in [-0.39, 0.29) is 81.0 Å². The SMILES string of the molecule is [Li+].[Li+].[Li+].[SbH6-3]. The predicted octanol–water partition coefficient (Wildman–Crippen LogP) is -11.0. The summed E-state index contributed by atoms with van der Waals surface area (Å²) in [6.45, 7) is 0. The molecule has 0 saturated carbocycles. The van der Waals surface area contributed by atoms with Crippen LogP contribution in [0.5, 0.6) is 0 Å². The van der Waals surface area contributed by atoms with Gasteiger partial charge in [0.25, 0.3) is 0 Å². The van der Waals surface area contributed by atoms with E-state index in [0.29, 0.717) is 0 Å². The molecule has 0 saturated heterocycles. The Kier molecular flexibility index (Phi) is 134. The molecule has 0 unspecified atom stereocenters. The first kappa shape index (κ1) is 30.5. The molecule has 0 fully saturated rings. The maximum atomic E-state index is 0. The Morgan fingerprint density at radius 1 is 0.500 bits per heavy atom. The Bertz CT molecular complexity index is 3.25. The molecule has 0 spiro atoms. The van der Waals surface area contributed by atoms with Crippen molar-refractivity contribution in [3.63, 3.8) is 0 Å². The van der Waals surface area contributed by atoms with Gasteiger partial charge in [0.15, 0.2) is 0 Å². The zero-order valence-electron chi connectivity index (χ0n) is 3.00. The van der Waals surface area contributed by atoms with E-state index >= 15 is 0 Å². The first-order valence-electron chi connectivity index (χ1n) is 0. The van der Waals surface area contributed by atoms with Gasteiger partial charge in [0.1, 0.15) is 0 Å². The third-order valence-corrected chi connectivity index (χ3v) is 0. The van der Waals surface area contributed by atoms with E-state index in [0.717, 1.165) is 0 Å². The van der Waals surface area contributed by atoms with Crippen LogP contribution in [0.15, 0.2) is 0 Å². The quantitative estimate of drug-likeness (QED) is 0.300. The van der Waals surface area contributed by atoms with Crippen LogP contribution in [0.25, 0.3) is 0 Å². The van der Waals surface area contributed by atoms with Crippen molar-refractivity contribution in [2.24, 2.45) is 0 Å². The summed E-state index contributed by atoms with van der Waals surface area (Å²) in [7, 11) is 0. The van der Waals surface area contributed by atoms with Gasteiger partial charge in [-0.25, -0.2) is 0 Å². The zero-order valence-corrected chi connectivity index (χ0v) is 3.00. The van der Waals surface area contributed by atoms with Crippen molar-refractivity contribution in [1.29, 1.82) is 0 Å². The van der Waals surface area contributed by atoms with Crippen LogP contribution in [0, 0.1) is 0 Å². The molecule has 0 radical (unpaired) electrons. The normalized spacial score (nSPS) is 0. The Hall–Kier alpha value is 2.61. The molecule has 0 aliphatic heterocycles. The summed E-state index contributed by atoms with van der Waals surface area (Å²) in [5.74, 6) is 0. The summed E-state index contributed by atoms with van der Waals surface area (Å²) in [6, 6.07) is 0. The second kappa shape index (κ2) is 17.5. The van der Waals surface area contributed by atoms with Crippen molar-refractivity contribution in [3.8, 4) is 0 Å². The van der Waals surface area contributed by atoms with Crippen molar-refractivity contribution >= 4 is 24.4 Å². The van der Waals surface area contributed by atoms with Crippen molar-refractivity contribution in [1.82, 2.24) is 0 Å². The average Bonchev–Trinajstić information content (AvgIpc) is 0. The van der Waals surface area contributed by atoms with Gasteiger partial charge in [-0.2, -0.15) is 0 Å². The molecule has 0 aliphatic carbocycles. The van der Waals surface area contributed by atoms with E-state index in [1.54, 1.807) is 0 Å². The molecule has 0 bridgehead atoms. The molecule has 0 amide bonds. The fraction of sp³-hybridized carbons (Fsp3) is 0. The van der Waals surface area contributed by atoms with Gasteiger partial charge in [-0.15, -0.1) is 0 Å². The Morgan fingerprint density at radius 3 is 0.500 bits per heavy atom. The fourth-order valence-electron chi connectivity index (χ4n) is 0. The number of hydrogen-bond donors (Lipinski definition) is 0. The van der Waals surface area contributed by atoms with Crippen molar-refractivity contribution < 1.29 is 56.6 Å². The molecule has 0 aromatic heterocycles. The van der Waals surface area contributed by atoms with E-state index in [9.17, 15) is 0 Å². The van der Waals surface area contributed by atoms with E-state index < -0.39 is 0 Å². The standard InChI is InChI=1S/3Li.Sb.6H/q3*+1;-3;;;;;;. The average molecular weight is 149 g/mol. The molecule has 0 nitrogen and oxygen atoms in total. The molecule has 4 heavy (non-hydrogen) atoms. The molecule has 0 atom stereocenters. The van der Waals surface area contributed by atoms with Crippen LogP contribution in [-0.2, 0) is 0 Å². The zero-order chi connectivity index (χ0) is 0. The second-order valence-corrected chi connectivity index (χ2v) is 0. The third kappa shape index (κ3) is 8.82. The van der Waals surface area contributed by atoms with E-state index in [1.807, 2.05) is 0 Å². The van der Waals surface area contributed by atoms with E-state index in [1.165, 1.54) is 0 Å². The fourth-order valence-corrected chi connectivity index (χ4v) is 0. The number of rotatable bonds is 0. The topological polar surface area (TPSA) is 0 Å². The Balaban J connectivity index is 0. The van der Waals surface area contributed by atoms with Gasteiger partial charge in [0.2, 0.25) is 0 Å². The molecule has 0 aromatic carbocycles. The Labute approximate surface area is 79.8 Å². The van der Waals surface area contributed by atoms with Gasteiger partial charge in [-0.1, -0.05) is 0 Å². The molecule has 14 valence electrons. The van der Waals surface area contributed by atoms with Crippen LogP contribution in [0.3, 0.4) is 0 Å². The van der Waals surface area contributed by atoms with Crippen LogP contribution in [0.1, 0.15) is 0 Å². The molecule has 0 rings (SSSR count). The third-order valence-electron chi connectivity index (χ3n) is 0. The van der Waals surface area contributed by atoms with Crippen LogP contribution >= 0.6 is 0 Å². The monoisotopic (exact) mass is 148 g/mol. The van der Waals surface area contributed by atoms with Gasteiger partial charge in [-0.3, -0.25) is 0 Å². The van der Waals surface area contributed by atoms with Gasteiger partial charge < -0.3 is 0 Å².